The smallest absolute Gasteiger partial charge is 0.338 e. The van der Waals surface area contributed by atoms with Gasteiger partial charge in [-0.05, 0) is 72.5 Å². The van der Waals surface area contributed by atoms with E-state index in [0.717, 1.165) is 31.2 Å². The molecule has 0 saturated heterocycles. The van der Waals surface area contributed by atoms with Gasteiger partial charge in [-0.2, -0.15) is 0 Å². The summed E-state index contributed by atoms with van der Waals surface area (Å²) in [5.41, 5.74) is 5.20. The Bertz CT molecular complexity index is 1470. The highest BCUT2D eigenvalue weighted by atomic mass is 79.9. The second-order valence-electron chi connectivity index (χ2n) is 9.85. The zero-order chi connectivity index (χ0) is 27.5. The molecule has 3 aromatic rings. The predicted molar refractivity (Wildman–Crippen MR) is 160 cm³/mol. The molecule has 0 spiro atoms. The average Bonchev–Trinajstić information content (AvgIpc) is 3.15. The molecular formula is C33H28Br2O4. The first-order valence-corrected chi connectivity index (χ1v) is 14.5. The van der Waals surface area contributed by atoms with Crippen molar-refractivity contribution in [3.63, 3.8) is 0 Å². The van der Waals surface area contributed by atoms with Crippen LogP contribution in [-0.2, 0) is 9.47 Å². The van der Waals surface area contributed by atoms with E-state index in [-0.39, 0.29) is 11.8 Å². The van der Waals surface area contributed by atoms with Crippen molar-refractivity contribution in [3.05, 3.63) is 139 Å². The Kier molecular flexibility index (Phi) is 8.34. The zero-order valence-corrected chi connectivity index (χ0v) is 24.8. The minimum Gasteiger partial charge on any atom is -0.454 e. The molecule has 0 amide bonds. The molecule has 0 radical (unpaired) electrons. The molecule has 0 N–H and O–H groups in total. The summed E-state index contributed by atoms with van der Waals surface area (Å²) < 4.78 is 14.5. The maximum absolute atomic E-state index is 13.5. The summed E-state index contributed by atoms with van der Waals surface area (Å²) >= 11 is 7.27. The number of aryl methyl sites for hydroxylation is 1. The number of carbonyl (C=O) groups is 2. The third kappa shape index (κ3) is 5.87. The molecule has 5 rings (SSSR count). The van der Waals surface area contributed by atoms with Gasteiger partial charge in [0.15, 0.2) is 6.10 Å². The van der Waals surface area contributed by atoms with Crippen LogP contribution in [0.2, 0.25) is 0 Å². The fraction of sp³-hybridized carbons (Fsp3) is 0.212. The van der Waals surface area contributed by atoms with Gasteiger partial charge >= 0.3 is 11.9 Å². The summed E-state index contributed by atoms with van der Waals surface area (Å²) in [5.74, 6) is -1.43. The Morgan fingerprint density at radius 2 is 1.38 bits per heavy atom. The molecule has 4 atom stereocenters. The van der Waals surface area contributed by atoms with Gasteiger partial charge in [0.05, 0.1) is 17.0 Å². The number of hydrogen-bond donors (Lipinski definition) is 0. The predicted octanol–water partition coefficient (Wildman–Crippen LogP) is 8.48. The second kappa shape index (κ2) is 11.9. The van der Waals surface area contributed by atoms with Crippen LogP contribution >= 0.6 is 31.9 Å². The van der Waals surface area contributed by atoms with Crippen molar-refractivity contribution >= 4 is 43.8 Å². The van der Waals surface area contributed by atoms with Gasteiger partial charge in [0.25, 0.3) is 0 Å². The molecule has 0 fully saturated rings. The lowest BCUT2D eigenvalue weighted by atomic mass is 9.69. The number of rotatable bonds is 5. The number of benzene rings is 3. The van der Waals surface area contributed by atoms with Crippen LogP contribution in [0, 0.1) is 12.8 Å². The standard InChI is InChI=1S/C33H28Br2O4/c1-20-13-14-25(35)19-28(20)29-27-18-16-24(34)15-17-26(27)21(2)30(38-32(36)22-9-5-3-6-10-22)31(29)39-33(37)23-11-7-4-8-12-23/h3-16,18-19,21,29-31H,17H2,1-2H3. The Morgan fingerprint density at radius 1 is 0.795 bits per heavy atom. The fourth-order valence-electron chi connectivity index (χ4n) is 5.40. The maximum Gasteiger partial charge on any atom is 0.338 e. The lowest BCUT2D eigenvalue weighted by Gasteiger charge is -2.43. The van der Waals surface area contributed by atoms with Crippen LogP contribution < -0.4 is 0 Å². The summed E-state index contributed by atoms with van der Waals surface area (Å²) in [5, 5.41) is 0. The fourth-order valence-corrected chi connectivity index (χ4v) is 6.07. The lowest BCUT2D eigenvalue weighted by Crippen LogP contribution is -2.48. The molecule has 198 valence electrons. The van der Waals surface area contributed by atoms with E-state index in [2.05, 4.69) is 57.0 Å². The Labute approximate surface area is 245 Å². The van der Waals surface area contributed by atoms with Gasteiger partial charge in [-0.3, -0.25) is 0 Å². The van der Waals surface area contributed by atoms with Crippen molar-refractivity contribution in [2.75, 3.05) is 0 Å². The van der Waals surface area contributed by atoms with E-state index in [1.54, 1.807) is 48.5 Å². The number of ether oxygens (including phenoxy) is 2. The van der Waals surface area contributed by atoms with E-state index >= 15 is 0 Å². The second-order valence-corrected chi connectivity index (χ2v) is 11.7. The molecule has 0 aliphatic heterocycles. The quantitative estimate of drug-likeness (QED) is 0.261. The van der Waals surface area contributed by atoms with Gasteiger partial charge in [-0.15, -0.1) is 0 Å². The molecule has 4 nitrogen and oxygen atoms in total. The molecule has 2 aliphatic carbocycles. The molecule has 3 aromatic carbocycles. The van der Waals surface area contributed by atoms with Gasteiger partial charge in [0.2, 0.25) is 0 Å². The van der Waals surface area contributed by atoms with E-state index in [1.807, 2.05) is 37.3 Å². The average molecular weight is 648 g/mol. The molecule has 4 unspecified atom stereocenters. The van der Waals surface area contributed by atoms with Gasteiger partial charge < -0.3 is 9.47 Å². The van der Waals surface area contributed by atoms with Crippen LogP contribution in [0.1, 0.15) is 51.1 Å². The molecule has 39 heavy (non-hydrogen) atoms. The highest BCUT2D eigenvalue weighted by Crippen LogP contribution is 2.48. The number of hydrogen-bond acceptors (Lipinski definition) is 4. The third-order valence-electron chi connectivity index (χ3n) is 7.42. The van der Waals surface area contributed by atoms with Gasteiger partial charge in [-0.1, -0.05) is 99.0 Å². The number of esters is 2. The van der Waals surface area contributed by atoms with E-state index in [0.29, 0.717) is 17.5 Å². The van der Waals surface area contributed by atoms with Crippen LogP contribution in [-0.4, -0.2) is 24.1 Å². The van der Waals surface area contributed by atoms with Gasteiger partial charge in [0.1, 0.15) is 6.10 Å². The lowest BCUT2D eigenvalue weighted by molar-refractivity contribution is -0.0593. The van der Waals surface area contributed by atoms with Gasteiger partial charge in [-0.25, -0.2) is 9.59 Å². The van der Waals surface area contributed by atoms with Crippen molar-refractivity contribution in [1.29, 1.82) is 0 Å². The summed E-state index contributed by atoms with van der Waals surface area (Å²) in [4.78, 5) is 26.9. The van der Waals surface area contributed by atoms with Crippen molar-refractivity contribution in [3.8, 4) is 0 Å². The first kappa shape index (κ1) is 27.4. The van der Waals surface area contributed by atoms with E-state index in [4.69, 9.17) is 9.47 Å². The Hall–Kier alpha value is -3.22. The highest BCUT2D eigenvalue weighted by Gasteiger charge is 2.47. The largest absolute Gasteiger partial charge is 0.454 e. The highest BCUT2D eigenvalue weighted by molar-refractivity contribution is 9.12. The van der Waals surface area contributed by atoms with Gasteiger partial charge in [0, 0.05) is 14.9 Å². The monoisotopic (exact) mass is 646 g/mol. The summed E-state index contributed by atoms with van der Waals surface area (Å²) in [7, 11) is 0. The van der Waals surface area contributed by atoms with Crippen LogP contribution in [0.5, 0.6) is 0 Å². The SMILES string of the molecule is Cc1ccc(Br)cc1C1C2=C(CC=C(Br)C=C2)C(C)C(OC(=O)c2ccccc2)C1OC(=O)c1ccccc1. The van der Waals surface area contributed by atoms with Crippen molar-refractivity contribution in [2.24, 2.45) is 5.92 Å². The molecule has 0 bridgehead atoms. The molecule has 2 aliphatic rings. The van der Waals surface area contributed by atoms with Crippen LogP contribution in [0.25, 0.3) is 0 Å². The molecule has 0 saturated carbocycles. The number of carbonyl (C=O) groups excluding carboxylic acids is 2. The van der Waals surface area contributed by atoms with Crippen LogP contribution in [0.3, 0.4) is 0 Å². The van der Waals surface area contributed by atoms with Crippen LogP contribution in [0.15, 0.2) is 117 Å². The number of halogens is 2. The van der Waals surface area contributed by atoms with E-state index in [9.17, 15) is 9.59 Å². The molecular weight excluding hydrogens is 620 g/mol. The minimum atomic E-state index is -0.756. The minimum absolute atomic E-state index is 0.191. The topological polar surface area (TPSA) is 52.6 Å². The normalized spacial score (nSPS) is 22.4. The Balaban J connectivity index is 1.66. The maximum atomic E-state index is 13.5. The number of allylic oxidation sites excluding steroid dienone is 4. The van der Waals surface area contributed by atoms with E-state index < -0.39 is 24.1 Å². The molecule has 0 aromatic heterocycles. The zero-order valence-electron chi connectivity index (χ0n) is 21.6. The first-order chi connectivity index (χ1) is 18.8. The Morgan fingerprint density at radius 3 is 2.00 bits per heavy atom. The first-order valence-electron chi connectivity index (χ1n) is 12.9. The van der Waals surface area contributed by atoms with Crippen molar-refractivity contribution < 1.29 is 19.1 Å². The molecule has 0 heterocycles. The van der Waals surface area contributed by atoms with E-state index in [1.165, 1.54) is 0 Å². The van der Waals surface area contributed by atoms with Crippen LogP contribution in [0.4, 0.5) is 0 Å². The summed E-state index contributed by atoms with van der Waals surface area (Å²) in [6, 6.07) is 24.0. The van der Waals surface area contributed by atoms with Crippen molar-refractivity contribution in [1.82, 2.24) is 0 Å². The summed E-state index contributed by atoms with van der Waals surface area (Å²) in [6.07, 6.45) is 5.48. The summed E-state index contributed by atoms with van der Waals surface area (Å²) in [6.45, 7) is 4.10. The van der Waals surface area contributed by atoms with Crippen molar-refractivity contribution in [2.45, 2.75) is 38.4 Å². The molecule has 6 heteroatoms. The third-order valence-corrected chi connectivity index (χ3v) is 8.50.